The number of ether oxygens (including phenoxy) is 3. The Labute approximate surface area is 171 Å². The zero-order valence-corrected chi connectivity index (χ0v) is 16.6. The topological polar surface area (TPSA) is 54.4 Å². The normalized spacial score (nSPS) is 27.8. The average molecular weight is 396 g/mol. The molecule has 0 radical (unpaired) electrons. The van der Waals surface area contributed by atoms with E-state index < -0.39 is 5.60 Å². The van der Waals surface area contributed by atoms with Crippen LogP contribution in [0.5, 0.6) is 11.5 Å². The first kappa shape index (κ1) is 18.9. The van der Waals surface area contributed by atoms with Crippen LogP contribution in [0.3, 0.4) is 0 Å². The maximum atomic E-state index is 11.8. The van der Waals surface area contributed by atoms with E-state index in [1.807, 2.05) is 24.3 Å². The van der Waals surface area contributed by atoms with Crippen molar-refractivity contribution >= 4 is 0 Å². The van der Waals surface area contributed by atoms with Crippen molar-refractivity contribution in [3.63, 3.8) is 0 Å². The number of hydrogen-bond acceptors (Lipinski definition) is 6. The lowest BCUT2D eigenvalue weighted by molar-refractivity contribution is -0.119. The molecule has 5 rings (SSSR count). The fraction of sp³-hybridized carbons (Fsp3) is 0.478. The van der Waals surface area contributed by atoms with Crippen LogP contribution in [0, 0.1) is 0 Å². The quantitative estimate of drug-likeness (QED) is 0.855. The molecular formula is C23H28N2O4. The van der Waals surface area contributed by atoms with Crippen LogP contribution in [0.2, 0.25) is 0 Å². The van der Waals surface area contributed by atoms with E-state index in [-0.39, 0.29) is 6.04 Å². The molecule has 1 N–H and O–H groups in total. The molecule has 6 nitrogen and oxygen atoms in total. The Morgan fingerprint density at radius 3 is 2.59 bits per heavy atom. The van der Waals surface area contributed by atoms with Crippen molar-refractivity contribution in [1.29, 1.82) is 0 Å². The van der Waals surface area contributed by atoms with Gasteiger partial charge in [0.05, 0.1) is 19.3 Å². The second-order valence-electron chi connectivity index (χ2n) is 8.13. The van der Waals surface area contributed by atoms with Crippen molar-refractivity contribution in [2.24, 2.45) is 0 Å². The molecule has 0 spiro atoms. The molecule has 0 aliphatic carbocycles. The monoisotopic (exact) mass is 396 g/mol. The smallest absolute Gasteiger partial charge is 0.231 e. The fourth-order valence-electron chi connectivity index (χ4n) is 4.79. The van der Waals surface area contributed by atoms with Gasteiger partial charge in [-0.1, -0.05) is 36.4 Å². The number of piperidine rings is 1. The number of likely N-dealkylation sites (tertiary alicyclic amines) is 1. The highest BCUT2D eigenvalue weighted by Crippen LogP contribution is 2.38. The first-order valence-electron chi connectivity index (χ1n) is 10.4. The molecular weight excluding hydrogens is 368 g/mol. The minimum absolute atomic E-state index is 0.0385. The van der Waals surface area contributed by atoms with Gasteiger partial charge in [-0.2, -0.15) is 0 Å². The van der Waals surface area contributed by atoms with E-state index in [0.29, 0.717) is 13.2 Å². The van der Waals surface area contributed by atoms with Gasteiger partial charge in [-0.3, -0.25) is 9.80 Å². The van der Waals surface area contributed by atoms with Gasteiger partial charge in [-0.05, 0) is 29.7 Å². The predicted octanol–water partition coefficient (Wildman–Crippen LogP) is 2.21. The van der Waals surface area contributed by atoms with E-state index in [1.165, 1.54) is 5.56 Å². The highest BCUT2D eigenvalue weighted by molar-refractivity contribution is 5.44. The first-order valence-corrected chi connectivity index (χ1v) is 10.4. The van der Waals surface area contributed by atoms with Gasteiger partial charge in [0.1, 0.15) is 5.60 Å². The van der Waals surface area contributed by atoms with E-state index in [1.54, 1.807) is 0 Å². The Morgan fingerprint density at radius 2 is 1.76 bits per heavy atom. The summed E-state index contributed by atoms with van der Waals surface area (Å²) in [5.41, 5.74) is 1.38. The molecule has 2 aromatic carbocycles. The summed E-state index contributed by atoms with van der Waals surface area (Å²) in [6, 6.07) is 16.4. The third-order valence-corrected chi connectivity index (χ3v) is 6.39. The highest BCUT2D eigenvalue weighted by Gasteiger charge is 2.45. The molecule has 3 aliphatic heterocycles. The molecule has 6 heteroatoms. The van der Waals surface area contributed by atoms with Crippen LogP contribution in [-0.2, 0) is 16.9 Å². The molecule has 2 aromatic rings. The van der Waals surface area contributed by atoms with Gasteiger partial charge in [0.2, 0.25) is 6.79 Å². The predicted molar refractivity (Wildman–Crippen MR) is 109 cm³/mol. The Hall–Kier alpha value is -2.12. The number of fused-ring (bicyclic) bond motifs is 1. The number of rotatable bonds is 4. The largest absolute Gasteiger partial charge is 0.454 e. The molecule has 2 atom stereocenters. The van der Waals surface area contributed by atoms with E-state index >= 15 is 0 Å². The van der Waals surface area contributed by atoms with Crippen LogP contribution < -0.4 is 9.47 Å². The number of nitrogens with zero attached hydrogens (tertiary/aromatic N) is 2. The van der Waals surface area contributed by atoms with Gasteiger partial charge in [0, 0.05) is 32.7 Å². The summed E-state index contributed by atoms with van der Waals surface area (Å²) in [5, 5.41) is 11.8. The molecule has 154 valence electrons. The number of morpholine rings is 1. The summed E-state index contributed by atoms with van der Waals surface area (Å²) < 4.78 is 16.5. The van der Waals surface area contributed by atoms with Gasteiger partial charge in [0.25, 0.3) is 0 Å². The minimum atomic E-state index is -0.843. The third kappa shape index (κ3) is 3.73. The van der Waals surface area contributed by atoms with Crippen molar-refractivity contribution in [2.75, 3.05) is 46.2 Å². The van der Waals surface area contributed by atoms with Crippen LogP contribution in [-0.4, -0.2) is 67.1 Å². The number of benzene rings is 2. The third-order valence-electron chi connectivity index (χ3n) is 6.39. The SMILES string of the molecule is O[C@]1(c2ccccc2)CCN(Cc2ccc3c(c2)OCO3)C[C@H]1N1CCOCC1. The molecule has 2 fully saturated rings. The lowest BCUT2D eigenvalue weighted by atomic mass is 9.79. The van der Waals surface area contributed by atoms with Crippen molar-refractivity contribution in [3.8, 4) is 11.5 Å². The summed E-state index contributed by atoms with van der Waals surface area (Å²) in [7, 11) is 0. The van der Waals surface area contributed by atoms with Crippen molar-refractivity contribution in [3.05, 3.63) is 59.7 Å². The van der Waals surface area contributed by atoms with Crippen LogP contribution >= 0.6 is 0 Å². The average Bonchev–Trinajstić information content (AvgIpc) is 3.24. The molecule has 3 aliphatic rings. The maximum Gasteiger partial charge on any atom is 0.231 e. The van der Waals surface area contributed by atoms with Crippen LogP contribution in [0.4, 0.5) is 0 Å². The first-order chi connectivity index (χ1) is 14.2. The number of hydrogen-bond donors (Lipinski definition) is 1. The summed E-state index contributed by atoms with van der Waals surface area (Å²) in [6.45, 7) is 5.97. The Kier molecular flexibility index (Phi) is 5.18. The van der Waals surface area contributed by atoms with E-state index in [2.05, 4.69) is 34.1 Å². The Morgan fingerprint density at radius 1 is 0.966 bits per heavy atom. The van der Waals surface area contributed by atoms with Gasteiger partial charge in [0.15, 0.2) is 11.5 Å². The molecule has 0 amide bonds. The maximum absolute atomic E-state index is 11.8. The van der Waals surface area contributed by atoms with Crippen LogP contribution in [0.1, 0.15) is 17.5 Å². The molecule has 3 heterocycles. The van der Waals surface area contributed by atoms with Gasteiger partial charge in [-0.25, -0.2) is 0 Å². The standard InChI is InChI=1S/C23H28N2O4/c26-23(19-4-2-1-3-5-19)8-9-24(16-22(23)25-10-12-27-13-11-25)15-18-6-7-20-21(14-18)29-17-28-20/h1-7,14,22,26H,8-13,15-17H2/t22-,23+/m1/s1. The summed E-state index contributed by atoms with van der Waals surface area (Å²) in [6.07, 6.45) is 0.712. The Bertz CT molecular complexity index is 840. The van der Waals surface area contributed by atoms with E-state index in [9.17, 15) is 5.11 Å². The van der Waals surface area contributed by atoms with E-state index in [0.717, 1.165) is 63.0 Å². The molecule has 0 bridgehead atoms. The highest BCUT2D eigenvalue weighted by atomic mass is 16.7. The molecule has 29 heavy (non-hydrogen) atoms. The fourth-order valence-corrected chi connectivity index (χ4v) is 4.79. The van der Waals surface area contributed by atoms with Gasteiger partial charge < -0.3 is 19.3 Å². The minimum Gasteiger partial charge on any atom is -0.454 e. The summed E-state index contributed by atoms with van der Waals surface area (Å²) >= 11 is 0. The van der Waals surface area contributed by atoms with Gasteiger partial charge >= 0.3 is 0 Å². The summed E-state index contributed by atoms with van der Waals surface area (Å²) in [5.74, 6) is 1.64. The van der Waals surface area contributed by atoms with E-state index in [4.69, 9.17) is 14.2 Å². The lowest BCUT2D eigenvalue weighted by Crippen LogP contribution is -2.62. The second kappa shape index (κ2) is 7.95. The van der Waals surface area contributed by atoms with Crippen molar-refractivity contribution in [2.45, 2.75) is 24.6 Å². The summed E-state index contributed by atoms with van der Waals surface area (Å²) in [4.78, 5) is 4.84. The number of aliphatic hydroxyl groups is 1. The van der Waals surface area contributed by atoms with Crippen molar-refractivity contribution < 1.29 is 19.3 Å². The van der Waals surface area contributed by atoms with Gasteiger partial charge in [-0.15, -0.1) is 0 Å². The van der Waals surface area contributed by atoms with Crippen molar-refractivity contribution in [1.82, 2.24) is 9.80 Å². The molecule has 0 aromatic heterocycles. The zero-order valence-electron chi connectivity index (χ0n) is 16.6. The van der Waals surface area contributed by atoms with Crippen LogP contribution in [0.15, 0.2) is 48.5 Å². The Balaban J connectivity index is 1.37. The second-order valence-corrected chi connectivity index (χ2v) is 8.13. The molecule has 0 saturated carbocycles. The molecule has 0 unspecified atom stereocenters. The zero-order chi connectivity index (χ0) is 19.7. The van der Waals surface area contributed by atoms with Crippen LogP contribution in [0.25, 0.3) is 0 Å². The molecule has 2 saturated heterocycles. The lowest BCUT2D eigenvalue weighted by Gasteiger charge is -2.50.